The summed E-state index contributed by atoms with van der Waals surface area (Å²) in [6.07, 6.45) is 3.22. The fraction of sp³-hybridized carbons (Fsp3) is 0.174. The lowest BCUT2D eigenvalue weighted by Gasteiger charge is -2.17. The van der Waals surface area contributed by atoms with Crippen LogP contribution in [0.4, 0.5) is 0 Å². The van der Waals surface area contributed by atoms with Crippen LogP contribution in [0.3, 0.4) is 0 Å². The Labute approximate surface area is 174 Å². The van der Waals surface area contributed by atoms with Gasteiger partial charge in [-0.2, -0.15) is 0 Å². The van der Waals surface area contributed by atoms with Gasteiger partial charge in [-0.1, -0.05) is 36.4 Å². The summed E-state index contributed by atoms with van der Waals surface area (Å²) in [7, 11) is 4.67. The Morgan fingerprint density at radius 2 is 1.66 bits per heavy atom. The van der Waals surface area contributed by atoms with Gasteiger partial charge in [0.25, 0.3) is 0 Å². The third-order valence-electron chi connectivity index (χ3n) is 4.36. The number of carbonyl (C=O) groups is 1. The van der Waals surface area contributed by atoms with E-state index in [4.69, 9.17) is 14.2 Å². The third kappa shape index (κ3) is 4.97. The molecule has 0 aliphatic rings. The highest BCUT2D eigenvalue weighted by atomic mass is 32.1. The molecule has 0 saturated heterocycles. The quantitative estimate of drug-likeness (QED) is 0.548. The lowest BCUT2D eigenvalue weighted by Crippen LogP contribution is -2.27. The average molecular weight is 410 g/mol. The second-order valence-electron chi connectivity index (χ2n) is 6.16. The lowest BCUT2D eigenvalue weighted by molar-refractivity contribution is -0.116. The minimum atomic E-state index is -0.201. The molecule has 2 aromatic carbocycles. The number of amides is 1. The summed E-state index contributed by atoms with van der Waals surface area (Å²) in [6, 6.07) is 17.3. The molecule has 29 heavy (non-hydrogen) atoms. The van der Waals surface area contributed by atoms with Gasteiger partial charge in [0.15, 0.2) is 11.5 Å². The second-order valence-corrected chi connectivity index (χ2v) is 7.14. The van der Waals surface area contributed by atoms with Gasteiger partial charge in [-0.05, 0) is 40.8 Å². The van der Waals surface area contributed by atoms with Crippen molar-refractivity contribution in [2.45, 2.75) is 6.04 Å². The Balaban J connectivity index is 1.81. The number of thiophene rings is 1. The van der Waals surface area contributed by atoms with Crippen molar-refractivity contribution in [1.82, 2.24) is 5.32 Å². The first-order chi connectivity index (χ1) is 14.2. The van der Waals surface area contributed by atoms with E-state index in [0.29, 0.717) is 17.2 Å². The molecule has 150 valence electrons. The van der Waals surface area contributed by atoms with Gasteiger partial charge in [-0.3, -0.25) is 4.79 Å². The van der Waals surface area contributed by atoms with Crippen molar-refractivity contribution < 1.29 is 19.0 Å². The molecule has 1 amide bonds. The highest BCUT2D eigenvalue weighted by Gasteiger charge is 2.17. The molecule has 5 nitrogen and oxygen atoms in total. The molecule has 0 saturated carbocycles. The Bertz CT molecular complexity index is 943. The monoisotopic (exact) mass is 409 g/mol. The summed E-state index contributed by atoms with van der Waals surface area (Å²) in [6.45, 7) is 0. The summed E-state index contributed by atoms with van der Waals surface area (Å²) in [4.78, 5) is 13.7. The number of hydrogen-bond donors (Lipinski definition) is 1. The molecular weight excluding hydrogens is 386 g/mol. The maximum Gasteiger partial charge on any atom is 0.244 e. The van der Waals surface area contributed by atoms with Crippen molar-refractivity contribution in [1.29, 1.82) is 0 Å². The molecular formula is C23H23NO4S. The number of rotatable bonds is 8. The molecule has 0 unspecified atom stereocenters. The number of methoxy groups -OCH3 is 3. The van der Waals surface area contributed by atoms with Gasteiger partial charge in [0.1, 0.15) is 0 Å². The highest BCUT2D eigenvalue weighted by molar-refractivity contribution is 7.10. The minimum Gasteiger partial charge on any atom is -0.493 e. The molecule has 0 fully saturated rings. The number of nitrogens with one attached hydrogen (secondary N) is 1. The number of benzene rings is 2. The Hall–Kier alpha value is -3.25. The zero-order chi connectivity index (χ0) is 20.6. The summed E-state index contributed by atoms with van der Waals surface area (Å²) in [5.74, 6) is 1.39. The van der Waals surface area contributed by atoms with Crippen molar-refractivity contribution >= 4 is 23.3 Å². The number of carbonyl (C=O) groups excluding carboxylic acids is 1. The van der Waals surface area contributed by atoms with E-state index in [1.807, 2.05) is 47.8 Å². The van der Waals surface area contributed by atoms with Crippen LogP contribution in [-0.4, -0.2) is 27.2 Å². The van der Waals surface area contributed by atoms with Gasteiger partial charge < -0.3 is 19.5 Å². The Morgan fingerprint density at radius 3 is 2.21 bits per heavy atom. The normalized spacial score (nSPS) is 11.8. The van der Waals surface area contributed by atoms with Crippen LogP contribution in [-0.2, 0) is 4.79 Å². The molecule has 0 radical (unpaired) electrons. The van der Waals surface area contributed by atoms with Crippen molar-refractivity contribution in [3.8, 4) is 17.2 Å². The Morgan fingerprint density at radius 1 is 0.966 bits per heavy atom. The standard InChI is InChI=1S/C23H23NO4S/c1-26-18-14-16(15-19(27-2)23(18)28-3)11-12-21(25)24-22(20-10-7-13-29-20)17-8-5-4-6-9-17/h4-15,22H,1-3H3,(H,24,25)/b12-11+/t22-/m1/s1. The van der Waals surface area contributed by atoms with Gasteiger partial charge in [0, 0.05) is 11.0 Å². The van der Waals surface area contributed by atoms with Gasteiger partial charge >= 0.3 is 0 Å². The fourth-order valence-electron chi connectivity index (χ4n) is 2.98. The van der Waals surface area contributed by atoms with E-state index < -0.39 is 0 Å². The minimum absolute atomic E-state index is 0.194. The van der Waals surface area contributed by atoms with Crippen LogP contribution in [0.25, 0.3) is 6.08 Å². The van der Waals surface area contributed by atoms with Crippen LogP contribution < -0.4 is 19.5 Å². The van der Waals surface area contributed by atoms with Crippen LogP contribution >= 0.6 is 11.3 Å². The molecule has 3 rings (SSSR count). The highest BCUT2D eigenvalue weighted by Crippen LogP contribution is 2.38. The van der Waals surface area contributed by atoms with Crippen LogP contribution in [0.15, 0.2) is 66.1 Å². The predicted octanol–water partition coefficient (Wildman–Crippen LogP) is 4.69. The van der Waals surface area contributed by atoms with E-state index in [2.05, 4.69) is 5.32 Å². The summed E-state index contributed by atoms with van der Waals surface area (Å²) in [5, 5.41) is 5.09. The first kappa shape index (κ1) is 20.5. The zero-order valence-electron chi connectivity index (χ0n) is 16.5. The molecule has 1 aromatic heterocycles. The van der Waals surface area contributed by atoms with Gasteiger partial charge in [-0.15, -0.1) is 11.3 Å². The molecule has 1 heterocycles. The van der Waals surface area contributed by atoms with E-state index in [1.54, 1.807) is 50.9 Å². The fourth-order valence-corrected chi connectivity index (χ4v) is 3.78. The molecule has 1 atom stereocenters. The van der Waals surface area contributed by atoms with Gasteiger partial charge in [0.05, 0.1) is 27.4 Å². The first-order valence-corrected chi connectivity index (χ1v) is 9.91. The molecule has 3 aromatic rings. The van der Waals surface area contributed by atoms with Gasteiger partial charge in [0.2, 0.25) is 11.7 Å². The molecule has 0 spiro atoms. The largest absolute Gasteiger partial charge is 0.493 e. The smallest absolute Gasteiger partial charge is 0.244 e. The van der Waals surface area contributed by atoms with Crippen molar-refractivity contribution in [3.63, 3.8) is 0 Å². The van der Waals surface area contributed by atoms with E-state index in [1.165, 1.54) is 6.08 Å². The Kier molecular flexibility index (Phi) is 6.92. The summed E-state index contributed by atoms with van der Waals surface area (Å²) >= 11 is 1.61. The molecule has 0 bridgehead atoms. The number of ether oxygens (including phenoxy) is 3. The van der Waals surface area contributed by atoms with E-state index in [0.717, 1.165) is 16.0 Å². The average Bonchev–Trinajstić information content (AvgIpc) is 3.30. The van der Waals surface area contributed by atoms with Crippen molar-refractivity contribution in [2.75, 3.05) is 21.3 Å². The molecule has 0 aliphatic carbocycles. The third-order valence-corrected chi connectivity index (χ3v) is 5.30. The lowest BCUT2D eigenvalue weighted by atomic mass is 10.1. The van der Waals surface area contributed by atoms with E-state index >= 15 is 0 Å². The first-order valence-electron chi connectivity index (χ1n) is 9.03. The van der Waals surface area contributed by atoms with Crippen molar-refractivity contribution in [3.05, 3.63) is 82.1 Å². The maximum atomic E-state index is 12.6. The van der Waals surface area contributed by atoms with E-state index in [9.17, 15) is 4.79 Å². The molecule has 0 aliphatic heterocycles. The van der Waals surface area contributed by atoms with Crippen LogP contribution in [0, 0.1) is 0 Å². The van der Waals surface area contributed by atoms with Crippen molar-refractivity contribution in [2.24, 2.45) is 0 Å². The predicted molar refractivity (Wildman–Crippen MR) is 116 cm³/mol. The van der Waals surface area contributed by atoms with Crippen LogP contribution in [0.5, 0.6) is 17.2 Å². The number of hydrogen-bond acceptors (Lipinski definition) is 5. The molecule has 6 heteroatoms. The van der Waals surface area contributed by atoms with E-state index in [-0.39, 0.29) is 11.9 Å². The SMILES string of the molecule is COc1cc(/C=C/C(=O)N[C@H](c2ccccc2)c2cccs2)cc(OC)c1OC. The molecule has 1 N–H and O–H groups in total. The maximum absolute atomic E-state index is 12.6. The summed E-state index contributed by atoms with van der Waals surface area (Å²) < 4.78 is 16.0. The topological polar surface area (TPSA) is 56.8 Å². The zero-order valence-corrected chi connectivity index (χ0v) is 17.4. The van der Waals surface area contributed by atoms with Crippen LogP contribution in [0.1, 0.15) is 22.0 Å². The summed E-state index contributed by atoms with van der Waals surface area (Å²) in [5.41, 5.74) is 1.80. The van der Waals surface area contributed by atoms with Crippen LogP contribution in [0.2, 0.25) is 0 Å². The van der Waals surface area contributed by atoms with Gasteiger partial charge in [-0.25, -0.2) is 0 Å². The second kappa shape index (κ2) is 9.80.